The van der Waals surface area contributed by atoms with Crippen LogP contribution in [0.5, 0.6) is 0 Å². The topological polar surface area (TPSA) is 113 Å². The number of esters is 1. The van der Waals surface area contributed by atoms with Gasteiger partial charge in [0.05, 0.1) is 6.42 Å². The standard InChI is InChI=1S/C19H22FN3O5/c1-11(2)9-23-17(21)16(18(26)22(3)19(23)27)14(24)10-28-15(25)8-12-6-4-5-7-13(12)20/h4-7,11H,8-10,21H2,1-3H3. The third-order valence-electron chi connectivity index (χ3n) is 4.07. The zero-order chi connectivity index (χ0) is 21.0. The minimum Gasteiger partial charge on any atom is -0.457 e. The number of Topliss-reactive ketones (excluding diaryl/α,β-unsaturated/α-hetero) is 1. The fraction of sp³-hybridized carbons (Fsp3) is 0.368. The maximum atomic E-state index is 13.6. The molecule has 8 nitrogen and oxygen atoms in total. The number of nitrogens with two attached hydrogens (primary N) is 1. The van der Waals surface area contributed by atoms with Crippen LogP contribution in [0.1, 0.15) is 29.8 Å². The smallest absolute Gasteiger partial charge is 0.332 e. The maximum absolute atomic E-state index is 13.6. The summed E-state index contributed by atoms with van der Waals surface area (Å²) in [7, 11) is 1.24. The molecule has 0 saturated carbocycles. The molecule has 0 bridgehead atoms. The second-order valence-corrected chi connectivity index (χ2v) is 6.76. The summed E-state index contributed by atoms with van der Waals surface area (Å²) in [4.78, 5) is 48.9. The molecular weight excluding hydrogens is 369 g/mol. The molecule has 1 aromatic heterocycles. The summed E-state index contributed by atoms with van der Waals surface area (Å²) < 4.78 is 20.4. The number of benzene rings is 1. The number of nitrogens with zero attached hydrogens (tertiary/aromatic N) is 2. The SMILES string of the molecule is CC(C)Cn1c(N)c(C(=O)COC(=O)Cc2ccccc2F)c(=O)n(C)c1=O. The average Bonchev–Trinajstić information content (AvgIpc) is 2.64. The molecule has 0 amide bonds. The van der Waals surface area contributed by atoms with Crippen molar-refractivity contribution in [2.24, 2.45) is 13.0 Å². The van der Waals surface area contributed by atoms with E-state index in [4.69, 9.17) is 10.5 Å². The molecule has 0 saturated heterocycles. The van der Waals surface area contributed by atoms with Crippen LogP contribution in [0.3, 0.4) is 0 Å². The minimum absolute atomic E-state index is 0.0408. The van der Waals surface area contributed by atoms with E-state index in [1.54, 1.807) is 6.07 Å². The van der Waals surface area contributed by atoms with E-state index in [1.807, 2.05) is 13.8 Å². The monoisotopic (exact) mass is 391 g/mol. The predicted molar refractivity (Wildman–Crippen MR) is 101 cm³/mol. The largest absolute Gasteiger partial charge is 0.457 e. The molecule has 0 atom stereocenters. The number of nitrogen functional groups attached to an aromatic ring is 1. The number of aromatic nitrogens is 2. The molecule has 0 aliphatic rings. The summed E-state index contributed by atoms with van der Waals surface area (Å²) in [5.41, 5.74) is 4.10. The van der Waals surface area contributed by atoms with Gasteiger partial charge in [-0.2, -0.15) is 0 Å². The van der Waals surface area contributed by atoms with Gasteiger partial charge < -0.3 is 10.5 Å². The molecule has 2 N–H and O–H groups in total. The third kappa shape index (κ3) is 4.54. The lowest BCUT2D eigenvalue weighted by Crippen LogP contribution is -2.43. The van der Waals surface area contributed by atoms with Crippen molar-refractivity contribution in [2.45, 2.75) is 26.8 Å². The number of halogens is 1. The van der Waals surface area contributed by atoms with E-state index in [0.717, 1.165) is 9.13 Å². The molecule has 0 radical (unpaired) electrons. The van der Waals surface area contributed by atoms with E-state index in [1.165, 1.54) is 25.2 Å². The van der Waals surface area contributed by atoms with Gasteiger partial charge >= 0.3 is 11.7 Å². The number of hydrogen-bond acceptors (Lipinski definition) is 6. The number of anilines is 1. The van der Waals surface area contributed by atoms with Crippen LogP contribution in [0, 0.1) is 11.7 Å². The first-order valence-electron chi connectivity index (χ1n) is 8.65. The Bertz CT molecular complexity index is 1020. The van der Waals surface area contributed by atoms with Crippen molar-refractivity contribution in [1.29, 1.82) is 0 Å². The van der Waals surface area contributed by atoms with Crippen molar-refractivity contribution in [2.75, 3.05) is 12.3 Å². The zero-order valence-electron chi connectivity index (χ0n) is 15.9. The summed E-state index contributed by atoms with van der Waals surface area (Å²) in [5, 5.41) is 0. The van der Waals surface area contributed by atoms with Crippen LogP contribution in [0.2, 0.25) is 0 Å². The molecule has 150 valence electrons. The fourth-order valence-corrected chi connectivity index (χ4v) is 2.65. The molecule has 1 heterocycles. The highest BCUT2D eigenvalue weighted by Gasteiger charge is 2.23. The van der Waals surface area contributed by atoms with Crippen LogP contribution in [0.25, 0.3) is 0 Å². The number of hydrogen-bond donors (Lipinski definition) is 1. The van der Waals surface area contributed by atoms with Crippen LogP contribution in [0.4, 0.5) is 10.2 Å². The zero-order valence-corrected chi connectivity index (χ0v) is 15.9. The Hall–Kier alpha value is -3.23. The van der Waals surface area contributed by atoms with Crippen molar-refractivity contribution in [1.82, 2.24) is 9.13 Å². The van der Waals surface area contributed by atoms with Gasteiger partial charge in [0.25, 0.3) is 5.56 Å². The van der Waals surface area contributed by atoms with Gasteiger partial charge in [-0.25, -0.2) is 9.18 Å². The van der Waals surface area contributed by atoms with E-state index in [9.17, 15) is 23.6 Å². The molecule has 1 aromatic carbocycles. The number of ether oxygens (including phenoxy) is 1. The molecule has 0 spiro atoms. The molecule has 2 rings (SSSR count). The van der Waals surface area contributed by atoms with Crippen molar-refractivity contribution in [3.05, 3.63) is 62.0 Å². The lowest BCUT2D eigenvalue weighted by atomic mass is 10.1. The van der Waals surface area contributed by atoms with E-state index in [2.05, 4.69) is 0 Å². The molecule has 0 unspecified atom stereocenters. The van der Waals surface area contributed by atoms with Crippen LogP contribution in [-0.2, 0) is 29.5 Å². The Kier molecular flexibility index (Phi) is 6.50. The first kappa shape index (κ1) is 21.1. The van der Waals surface area contributed by atoms with Crippen LogP contribution in [-0.4, -0.2) is 27.5 Å². The maximum Gasteiger partial charge on any atom is 0.332 e. The van der Waals surface area contributed by atoms with Crippen LogP contribution < -0.4 is 17.0 Å². The van der Waals surface area contributed by atoms with Gasteiger partial charge in [0.15, 0.2) is 6.61 Å². The first-order chi connectivity index (χ1) is 13.1. The van der Waals surface area contributed by atoms with Gasteiger partial charge in [-0.3, -0.25) is 23.5 Å². The van der Waals surface area contributed by atoms with Crippen LogP contribution in [0.15, 0.2) is 33.9 Å². The molecule has 28 heavy (non-hydrogen) atoms. The fourth-order valence-electron chi connectivity index (χ4n) is 2.65. The quantitative estimate of drug-likeness (QED) is 0.554. The number of rotatable bonds is 7. The number of carbonyl (C=O) groups excluding carboxylic acids is 2. The summed E-state index contributed by atoms with van der Waals surface area (Å²) in [6.07, 6.45) is -0.361. The first-order valence-corrected chi connectivity index (χ1v) is 8.65. The van der Waals surface area contributed by atoms with Crippen molar-refractivity contribution in [3.8, 4) is 0 Å². The summed E-state index contributed by atoms with van der Waals surface area (Å²) in [6.45, 7) is 3.17. The normalized spacial score (nSPS) is 10.9. The van der Waals surface area contributed by atoms with Gasteiger partial charge in [-0.1, -0.05) is 32.0 Å². The predicted octanol–water partition coefficient (Wildman–Crippen LogP) is 0.893. The third-order valence-corrected chi connectivity index (χ3v) is 4.07. The second kappa shape index (κ2) is 8.64. The lowest BCUT2D eigenvalue weighted by Gasteiger charge is -2.16. The molecule has 9 heteroatoms. The molecule has 0 fully saturated rings. The van der Waals surface area contributed by atoms with Gasteiger partial charge in [0.1, 0.15) is 17.2 Å². The Morgan fingerprint density at radius 3 is 2.46 bits per heavy atom. The Labute approximate surface area is 160 Å². The molecule has 2 aromatic rings. The average molecular weight is 391 g/mol. The summed E-state index contributed by atoms with van der Waals surface area (Å²) in [5.74, 6) is -2.46. The lowest BCUT2D eigenvalue weighted by molar-refractivity contribution is -0.141. The molecule has 0 aliphatic heterocycles. The molecule has 0 aliphatic carbocycles. The Morgan fingerprint density at radius 2 is 1.86 bits per heavy atom. The van der Waals surface area contributed by atoms with E-state index in [0.29, 0.717) is 0 Å². The van der Waals surface area contributed by atoms with Crippen LogP contribution >= 0.6 is 0 Å². The summed E-state index contributed by atoms with van der Waals surface area (Å²) in [6, 6.07) is 5.68. The van der Waals surface area contributed by atoms with Crippen molar-refractivity contribution in [3.63, 3.8) is 0 Å². The highest BCUT2D eigenvalue weighted by atomic mass is 19.1. The van der Waals surface area contributed by atoms with Gasteiger partial charge in [-0.15, -0.1) is 0 Å². The minimum atomic E-state index is -0.863. The van der Waals surface area contributed by atoms with Gasteiger partial charge in [-0.05, 0) is 17.5 Å². The van der Waals surface area contributed by atoms with E-state index < -0.39 is 41.0 Å². The summed E-state index contributed by atoms with van der Waals surface area (Å²) >= 11 is 0. The van der Waals surface area contributed by atoms with Gasteiger partial charge in [0, 0.05) is 13.6 Å². The van der Waals surface area contributed by atoms with Crippen molar-refractivity contribution >= 4 is 17.6 Å². The Balaban J connectivity index is 2.21. The second-order valence-electron chi connectivity index (χ2n) is 6.76. The van der Waals surface area contributed by atoms with E-state index >= 15 is 0 Å². The highest BCUT2D eigenvalue weighted by molar-refractivity contribution is 6.01. The number of ketones is 1. The van der Waals surface area contributed by atoms with Crippen molar-refractivity contribution < 1.29 is 18.7 Å². The highest BCUT2D eigenvalue weighted by Crippen LogP contribution is 2.10. The molecular formula is C19H22FN3O5. The number of carbonyl (C=O) groups is 2. The van der Waals surface area contributed by atoms with E-state index in [-0.39, 0.29) is 30.3 Å². The Morgan fingerprint density at radius 1 is 1.21 bits per heavy atom. The van der Waals surface area contributed by atoms with Gasteiger partial charge in [0.2, 0.25) is 5.78 Å².